The number of aromatic nitrogens is 1. The third-order valence-corrected chi connectivity index (χ3v) is 4.01. The van der Waals surface area contributed by atoms with E-state index in [1.54, 1.807) is 11.3 Å². The number of hydrogen-bond donors (Lipinski definition) is 1. The first kappa shape index (κ1) is 13.0. The smallest absolute Gasteiger partial charge is 0.0897 e. The standard InChI is InChI=1S/C12H21N3OS/c1-9-13-5-12(17-9)8-15-7-11(16)4-10(15)6-14(2)3/h5,10-11,16H,4,6-8H2,1-3H3. The van der Waals surface area contributed by atoms with Gasteiger partial charge in [0.15, 0.2) is 0 Å². The quantitative estimate of drug-likeness (QED) is 0.869. The van der Waals surface area contributed by atoms with E-state index in [2.05, 4.69) is 28.9 Å². The van der Waals surface area contributed by atoms with E-state index in [0.29, 0.717) is 6.04 Å². The number of thiazole rings is 1. The summed E-state index contributed by atoms with van der Waals surface area (Å²) in [6, 6.07) is 0.461. The second-order valence-corrected chi connectivity index (χ2v) is 6.40. The first-order chi connectivity index (χ1) is 8.04. The fraction of sp³-hybridized carbons (Fsp3) is 0.750. The van der Waals surface area contributed by atoms with Gasteiger partial charge in [0.25, 0.3) is 0 Å². The van der Waals surface area contributed by atoms with Gasteiger partial charge in [0, 0.05) is 36.8 Å². The summed E-state index contributed by atoms with van der Waals surface area (Å²) in [6.45, 7) is 4.75. The summed E-state index contributed by atoms with van der Waals surface area (Å²) in [7, 11) is 4.17. The molecular weight excluding hydrogens is 234 g/mol. The van der Waals surface area contributed by atoms with E-state index in [1.165, 1.54) is 4.88 Å². The lowest BCUT2D eigenvalue weighted by molar-refractivity contribution is 0.170. The van der Waals surface area contributed by atoms with E-state index in [1.807, 2.05) is 13.1 Å². The largest absolute Gasteiger partial charge is 0.392 e. The highest BCUT2D eigenvalue weighted by Crippen LogP contribution is 2.23. The van der Waals surface area contributed by atoms with E-state index in [0.717, 1.165) is 31.1 Å². The van der Waals surface area contributed by atoms with Crippen LogP contribution in [0.15, 0.2) is 6.20 Å². The molecule has 1 aromatic heterocycles. The maximum atomic E-state index is 9.79. The molecule has 0 spiro atoms. The molecule has 17 heavy (non-hydrogen) atoms. The Hall–Kier alpha value is -0.490. The van der Waals surface area contributed by atoms with Gasteiger partial charge in [-0.3, -0.25) is 4.90 Å². The Morgan fingerprint density at radius 3 is 2.94 bits per heavy atom. The van der Waals surface area contributed by atoms with Crippen LogP contribution in [0, 0.1) is 6.92 Å². The predicted octanol–water partition coefficient (Wildman–Crippen LogP) is 0.948. The van der Waals surface area contributed by atoms with Crippen LogP contribution in [0.5, 0.6) is 0 Å². The van der Waals surface area contributed by atoms with Gasteiger partial charge >= 0.3 is 0 Å². The Balaban J connectivity index is 1.98. The Morgan fingerprint density at radius 2 is 2.35 bits per heavy atom. The molecule has 4 nitrogen and oxygen atoms in total. The van der Waals surface area contributed by atoms with E-state index in [9.17, 15) is 5.11 Å². The normalized spacial score (nSPS) is 25.9. The number of hydrogen-bond acceptors (Lipinski definition) is 5. The summed E-state index contributed by atoms with van der Waals surface area (Å²) in [5, 5.41) is 10.9. The van der Waals surface area contributed by atoms with Gasteiger partial charge in [-0.2, -0.15) is 0 Å². The van der Waals surface area contributed by atoms with E-state index >= 15 is 0 Å². The molecule has 0 radical (unpaired) electrons. The van der Waals surface area contributed by atoms with Gasteiger partial charge in [0.1, 0.15) is 0 Å². The fourth-order valence-electron chi connectivity index (χ4n) is 2.44. The van der Waals surface area contributed by atoms with Crippen LogP contribution in [0.3, 0.4) is 0 Å². The minimum absolute atomic E-state index is 0.172. The monoisotopic (exact) mass is 255 g/mol. The van der Waals surface area contributed by atoms with Crippen LogP contribution in [0.1, 0.15) is 16.3 Å². The van der Waals surface area contributed by atoms with Gasteiger partial charge < -0.3 is 10.0 Å². The summed E-state index contributed by atoms with van der Waals surface area (Å²) < 4.78 is 0. The number of likely N-dealkylation sites (N-methyl/N-ethyl adjacent to an activating group) is 1. The van der Waals surface area contributed by atoms with Gasteiger partial charge in [-0.05, 0) is 27.4 Å². The molecule has 1 aliphatic heterocycles. The van der Waals surface area contributed by atoms with Crippen molar-refractivity contribution in [3.8, 4) is 0 Å². The van der Waals surface area contributed by atoms with Crippen molar-refractivity contribution in [3.63, 3.8) is 0 Å². The maximum Gasteiger partial charge on any atom is 0.0897 e. The fourth-order valence-corrected chi connectivity index (χ4v) is 3.26. The first-order valence-electron chi connectivity index (χ1n) is 6.02. The molecule has 0 aromatic carbocycles. The summed E-state index contributed by atoms with van der Waals surface area (Å²) in [6.07, 6.45) is 2.67. The molecule has 0 aliphatic carbocycles. The van der Waals surface area contributed by atoms with Gasteiger partial charge in [-0.1, -0.05) is 0 Å². The minimum Gasteiger partial charge on any atom is -0.392 e. The van der Waals surface area contributed by atoms with E-state index in [4.69, 9.17) is 0 Å². The molecule has 1 aliphatic rings. The minimum atomic E-state index is -0.172. The number of aryl methyl sites for hydroxylation is 1. The summed E-state index contributed by atoms with van der Waals surface area (Å²) in [5.41, 5.74) is 0. The highest BCUT2D eigenvalue weighted by Gasteiger charge is 2.31. The van der Waals surface area contributed by atoms with Crippen LogP contribution in [-0.4, -0.2) is 59.2 Å². The van der Waals surface area contributed by atoms with Crippen LogP contribution in [0.4, 0.5) is 0 Å². The SMILES string of the molecule is Cc1ncc(CN2CC(O)CC2CN(C)C)s1. The van der Waals surface area contributed by atoms with Crippen LogP contribution < -0.4 is 0 Å². The highest BCUT2D eigenvalue weighted by atomic mass is 32.1. The van der Waals surface area contributed by atoms with Crippen molar-refractivity contribution in [2.45, 2.75) is 32.0 Å². The lowest BCUT2D eigenvalue weighted by atomic mass is 10.2. The molecule has 1 aromatic rings. The molecule has 2 unspecified atom stereocenters. The van der Waals surface area contributed by atoms with Crippen molar-refractivity contribution in [2.24, 2.45) is 0 Å². The highest BCUT2D eigenvalue weighted by molar-refractivity contribution is 7.11. The molecule has 0 saturated carbocycles. The number of aliphatic hydroxyl groups excluding tert-OH is 1. The zero-order valence-corrected chi connectivity index (χ0v) is 11.6. The van der Waals surface area contributed by atoms with Crippen molar-refractivity contribution in [1.82, 2.24) is 14.8 Å². The molecule has 2 heterocycles. The van der Waals surface area contributed by atoms with E-state index < -0.39 is 0 Å². The van der Waals surface area contributed by atoms with Gasteiger partial charge in [0.2, 0.25) is 0 Å². The molecule has 0 amide bonds. The van der Waals surface area contributed by atoms with Crippen molar-refractivity contribution in [1.29, 1.82) is 0 Å². The molecule has 1 saturated heterocycles. The molecule has 2 rings (SSSR count). The number of rotatable bonds is 4. The number of β-amino-alcohol motifs (C(OH)–C–C–N with tert-alkyl or cyclic N) is 1. The van der Waals surface area contributed by atoms with Crippen LogP contribution in [0.2, 0.25) is 0 Å². The van der Waals surface area contributed by atoms with Crippen molar-refractivity contribution in [3.05, 3.63) is 16.1 Å². The summed E-state index contributed by atoms with van der Waals surface area (Å²) >= 11 is 1.75. The Morgan fingerprint density at radius 1 is 1.59 bits per heavy atom. The predicted molar refractivity (Wildman–Crippen MR) is 70.2 cm³/mol. The lowest BCUT2D eigenvalue weighted by Gasteiger charge is -2.25. The zero-order valence-electron chi connectivity index (χ0n) is 10.8. The number of aliphatic hydroxyl groups is 1. The maximum absolute atomic E-state index is 9.79. The van der Waals surface area contributed by atoms with Crippen molar-refractivity contribution in [2.75, 3.05) is 27.2 Å². The Labute approximate surface area is 107 Å². The second-order valence-electron chi connectivity index (χ2n) is 5.08. The lowest BCUT2D eigenvalue weighted by Crippen LogP contribution is -2.36. The molecule has 1 fully saturated rings. The second kappa shape index (κ2) is 5.44. The third kappa shape index (κ3) is 3.48. The first-order valence-corrected chi connectivity index (χ1v) is 6.84. The molecule has 2 atom stereocenters. The van der Waals surface area contributed by atoms with Crippen molar-refractivity contribution < 1.29 is 5.11 Å². The van der Waals surface area contributed by atoms with Crippen LogP contribution in [0.25, 0.3) is 0 Å². The Bertz CT molecular complexity index is 366. The number of nitrogens with zero attached hydrogens (tertiary/aromatic N) is 3. The zero-order chi connectivity index (χ0) is 12.4. The molecule has 5 heteroatoms. The van der Waals surface area contributed by atoms with Gasteiger partial charge in [-0.15, -0.1) is 11.3 Å². The van der Waals surface area contributed by atoms with Crippen LogP contribution in [-0.2, 0) is 6.54 Å². The third-order valence-electron chi connectivity index (χ3n) is 3.11. The van der Waals surface area contributed by atoms with E-state index in [-0.39, 0.29) is 6.10 Å². The molecule has 1 N–H and O–H groups in total. The molecule has 0 bridgehead atoms. The van der Waals surface area contributed by atoms with Gasteiger partial charge in [0.05, 0.1) is 11.1 Å². The van der Waals surface area contributed by atoms with Crippen molar-refractivity contribution >= 4 is 11.3 Å². The summed E-state index contributed by atoms with van der Waals surface area (Å²) in [5.74, 6) is 0. The average Bonchev–Trinajstić information content (AvgIpc) is 2.74. The Kier molecular flexibility index (Phi) is 4.14. The topological polar surface area (TPSA) is 39.6 Å². The summed E-state index contributed by atoms with van der Waals surface area (Å²) in [4.78, 5) is 10.1. The molecular formula is C12H21N3OS. The average molecular weight is 255 g/mol. The van der Waals surface area contributed by atoms with Crippen LogP contribution >= 0.6 is 11.3 Å². The molecule has 96 valence electrons. The number of likely N-dealkylation sites (tertiary alicyclic amines) is 1. The van der Waals surface area contributed by atoms with Gasteiger partial charge in [-0.25, -0.2) is 4.98 Å².